The summed E-state index contributed by atoms with van der Waals surface area (Å²) in [4.78, 5) is 21.7. The van der Waals surface area contributed by atoms with Crippen molar-refractivity contribution in [1.82, 2.24) is 4.31 Å². The van der Waals surface area contributed by atoms with Crippen molar-refractivity contribution in [2.45, 2.75) is 19.8 Å². The summed E-state index contributed by atoms with van der Waals surface area (Å²) in [6.45, 7) is 2.30. The van der Waals surface area contributed by atoms with Gasteiger partial charge in [0.1, 0.15) is 0 Å². The van der Waals surface area contributed by atoms with Crippen molar-refractivity contribution < 1.29 is 14.3 Å². The lowest BCUT2D eigenvalue weighted by Gasteiger charge is -2.13. The Hall–Kier alpha value is -0.910. The molecule has 0 aliphatic rings. The van der Waals surface area contributed by atoms with Crippen LogP contribution in [0, 0.1) is 0 Å². The van der Waals surface area contributed by atoms with Gasteiger partial charge in [-0.2, -0.15) is 4.31 Å². The molecular formula is C7H14N2O3S. The predicted molar refractivity (Wildman–Crippen MR) is 51.2 cm³/mol. The fourth-order valence-corrected chi connectivity index (χ4v) is 0.999. The molecule has 0 radical (unpaired) electrons. The molecule has 0 aromatic heterocycles. The molecule has 0 rings (SSSR count). The van der Waals surface area contributed by atoms with Gasteiger partial charge in [-0.3, -0.25) is 0 Å². The zero-order chi connectivity index (χ0) is 10.3. The van der Waals surface area contributed by atoms with E-state index in [0.717, 1.165) is 29.1 Å². The van der Waals surface area contributed by atoms with Crippen molar-refractivity contribution in [3.8, 4) is 0 Å². The van der Waals surface area contributed by atoms with E-state index >= 15 is 0 Å². The fraction of sp³-hybridized carbons (Fsp3) is 0.714. The maximum Gasteiger partial charge on any atom is 0.428 e. The first kappa shape index (κ1) is 12.1. The van der Waals surface area contributed by atoms with Crippen molar-refractivity contribution in [2.75, 3.05) is 12.9 Å². The maximum atomic E-state index is 11.1. The molecule has 0 saturated carbocycles. The van der Waals surface area contributed by atoms with Gasteiger partial charge in [0.15, 0.2) is 0 Å². The molecule has 0 atom stereocenters. The third-order valence-corrected chi connectivity index (χ3v) is 1.97. The molecule has 0 bridgehead atoms. The van der Waals surface area contributed by atoms with Gasteiger partial charge in [0.05, 0.1) is 6.61 Å². The molecule has 0 spiro atoms. The average Bonchev–Trinajstić information content (AvgIpc) is 2.05. The van der Waals surface area contributed by atoms with E-state index in [2.05, 4.69) is 0 Å². The fourth-order valence-electron chi connectivity index (χ4n) is 0.617. The SMILES string of the molecule is CCCCOC(=O)N(SC)C(N)=O. The van der Waals surface area contributed by atoms with Crippen LogP contribution in [0.1, 0.15) is 19.8 Å². The Balaban J connectivity index is 3.85. The van der Waals surface area contributed by atoms with Crippen LogP contribution in [0.5, 0.6) is 0 Å². The van der Waals surface area contributed by atoms with E-state index in [1.54, 1.807) is 6.26 Å². The number of imide groups is 1. The number of hydrogen-bond acceptors (Lipinski definition) is 4. The van der Waals surface area contributed by atoms with Crippen molar-refractivity contribution in [1.29, 1.82) is 0 Å². The molecular weight excluding hydrogens is 192 g/mol. The summed E-state index contributed by atoms with van der Waals surface area (Å²) in [7, 11) is 0. The van der Waals surface area contributed by atoms with Gasteiger partial charge in [0.2, 0.25) is 0 Å². The van der Waals surface area contributed by atoms with Gasteiger partial charge >= 0.3 is 12.1 Å². The Bertz CT molecular complexity index is 187. The summed E-state index contributed by atoms with van der Waals surface area (Å²) in [5, 5.41) is 0. The molecule has 0 fully saturated rings. The number of nitrogens with zero attached hydrogens (tertiary/aromatic N) is 1. The lowest BCUT2D eigenvalue weighted by atomic mass is 10.4. The van der Waals surface area contributed by atoms with E-state index in [-0.39, 0.29) is 0 Å². The van der Waals surface area contributed by atoms with Crippen LogP contribution in [0.3, 0.4) is 0 Å². The van der Waals surface area contributed by atoms with Gasteiger partial charge < -0.3 is 10.5 Å². The second kappa shape index (κ2) is 6.59. The molecule has 6 heteroatoms. The summed E-state index contributed by atoms with van der Waals surface area (Å²) < 4.78 is 5.54. The number of primary amides is 1. The molecule has 0 unspecified atom stereocenters. The van der Waals surface area contributed by atoms with E-state index in [0.29, 0.717) is 6.61 Å². The summed E-state index contributed by atoms with van der Waals surface area (Å²) in [6.07, 6.45) is 2.59. The van der Waals surface area contributed by atoms with E-state index in [9.17, 15) is 9.59 Å². The van der Waals surface area contributed by atoms with Crippen LogP contribution in [0.15, 0.2) is 0 Å². The monoisotopic (exact) mass is 206 g/mol. The highest BCUT2D eigenvalue weighted by molar-refractivity contribution is 7.97. The van der Waals surface area contributed by atoms with Gasteiger partial charge in [-0.15, -0.1) is 0 Å². The number of ether oxygens (including phenoxy) is 1. The Morgan fingerprint density at radius 3 is 2.54 bits per heavy atom. The number of urea groups is 1. The normalized spacial score (nSPS) is 9.38. The van der Waals surface area contributed by atoms with Crippen LogP contribution < -0.4 is 5.73 Å². The molecule has 3 amide bonds. The summed E-state index contributed by atoms with van der Waals surface area (Å²) in [5.74, 6) is 0. The Labute approximate surface area is 81.7 Å². The number of nitrogens with two attached hydrogens (primary N) is 1. The number of unbranched alkanes of at least 4 members (excludes halogenated alkanes) is 1. The molecule has 2 N–H and O–H groups in total. The molecule has 76 valence electrons. The largest absolute Gasteiger partial charge is 0.448 e. The van der Waals surface area contributed by atoms with Gasteiger partial charge in [0.25, 0.3) is 0 Å². The number of carbonyl (C=O) groups excluding carboxylic acids is 2. The van der Waals surface area contributed by atoms with Gasteiger partial charge in [-0.05, 0) is 18.4 Å². The molecule has 13 heavy (non-hydrogen) atoms. The number of carbonyl (C=O) groups is 2. The second-order valence-corrected chi connectivity index (χ2v) is 3.01. The third kappa shape index (κ3) is 4.62. The topological polar surface area (TPSA) is 72.6 Å². The highest BCUT2D eigenvalue weighted by Gasteiger charge is 2.18. The highest BCUT2D eigenvalue weighted by atomic mass is 32.2. The highest BCUT2D eigenvalue weighted by Crippen LogP contribution is 2.07. The second-order valence-electron chi connectivity index (χ2n) is 2.28. The van der Waals surface area contributed by atoms with Crippen LogP contribution in [0.2, 0.25) is 0 Å². The minimum atomic E-state index is -0.811. The average molecular weight is 206 g/mol. The summed E-state index contributed by atoms with van der Waals surface area (Å²) in [6, 6.07) is -0.811. The molecule has 0 aliphatic carbocycles. The zero-order valence-electron chi connectivity index (χ0n) is 7.78. The molecule has 0 heterocycles. The summed E-state index contributed by atoms with van der Waals surface area (Å²) in [5.41, 5.74) is 4.92. The van der Waals surface area contributed by atoms with Gasteiger partial charge in [-0.1, -0.05) is 13.3 Å². The van der Waals surface area contributed by atoms with Crippen LogP contribution in [-0.2, 0) is 4.74 Å². The first-order valence-electron chi connectivity index (χ1n) is 3.93. The van der Waals surface area contributed by atoms with Crippen molar-refractivity contribution >= 4 is 24.1 Å². The number of amides is 3. The quantitative estimate of drug-likeness (QED) is 0.560. The van der Waals surface area contributed by atoms with E-state index in [4.69, 9.17) is 10.5 Å². The Kier molecular flexibility index (Phi) is 6.13. The zero-order valence-corrected chi connectivity index (χ0v) is 8.60. The molecule has 0 saturated heterocycles. The van der Waals surface area contributed by atoms with Crippen LogP contribution >= 0.6 is 11.9 Å². The van der Waals surface area contributed by atoms with E-state index in [1.165, 1.54) is 0 Å². The first-order chi connectivity index (χ1) is 6.13. The standard InChI is InChI=1S/C7H14N2O3S/c1-3-4-5-12-7(11)9(13-2)6(8)10/h3-5H2,1-2H3,(H2,8,10). The first-order valence-corrected chi connectivity index (χ1v) is 5.12. The van der Waals surface area contributed by atoms with E-state index < -0.39 is 12.1 Å². The molecule has 0 aliphatic heterocycles. The molecule has 5 nitrogen and oxygen atoms in total. The minimum absolute atomic E-state index is 0.319. The van der Waals surface area contributed by atoms with Crippen LogP contribution in [0.25, 0.3) is 0 Å². The Morgan fingerprint density at radius 2 is 2.15 bits per heavy atom. The van der Waals surface area contributed by atoms with Gasteiger partial charge in [-0.25, -0.2) is 9.59 Å². The number of hydrogen-bond donors (Lipinski definition) is 1. The third-order valence-electron chi connectivity index (χ3n) is 1.27. The summed E-state index contributed by atoms with van der Waals surface area (Å²) >= 11 is 0.928. The number of rotatable bonds is 4. The van der Waals surface area contributed by atoms with Crippen molar-refractivity contribution in [3.05, 3.63) is 0 Å². The van der Waals surface area contributed by atoms with Gasteiger partial charge in [0, 0.05) is 6.26 Å². The van der Waals surface area contributed by atoms with Crippen LogP contribution in [0.4, 0.5) is 9.59 Å². The predicted octanol–water partition coefficient (Wildman–Crippen LogP) is 1.58. The van der Waals surface area contributed by atoms with Crippen LogP contribution in [-0.4, -0.2) is 29.3 Å². The molecule has 0 aromatic carbocycles. The smallest absolute Gasteiger partial charge is 0.428 e. The van der Waals surface area contributed by atoms with Crippen molar-refractivity contribution in [2.24, 2.45) is 5.73 Å². The molecule has 0 aromatic rings. The lowest BCUT2D eigenvalue weighted by Crippen LogP contribution is -2.35. The van der Waals surface area contributed by atoms with E-state index in [1.807, 2.05) is 6.92 Å². The minimum Gasteiger partial charge on any atom is -0.448 e. The van der Waals surface area contributed by atoms with Crippen molar-refractivity contribution in [3.63, 3.8) is 0 Å². The Morgan fingerprint density at radius 1 is 1.54 bits per heavy atom. The maximum absolute atomic E-state index is 11.1. The lowest BCUT2D eigenvalue weighted by molar-refractivity contribution is 0.131.